The predicted octanol–water partition coefficient (Wildman–Crippen LogP) is 3.69. The van der Waals surface area contributed by atoms with Crippen LogP contribution in [0, 0.1) is 5.92 Å². The highest BCUT2D eigenvalue weighted by molar-refractivity contribution is 7.14. The van der Waals surface area contributed by atoms with Crippen LogP contribution in [0.1, 0.15) is 5.56 Å². The fourth-order valence-corrected chi connectivity index (χ4v) is 4.33. The molecule has 2 aromatic heterocycles. The average Bonchev–Trinajstić information content (AvgIpc) is 3.32. The first kappa shape index (κ1) is 18.1. The molecule has 6 nitrogen and oxygen atoms in total. The van der Waals surface area contributed by atoms with Gasteiger partial charge in [0.25, 0.3) is 5.72 Å². The van der Waals surface area contributed by atoms with Crippen molar-refractivity contribution >= 4 is 22.2 Å². The minimum Gasteiger partial charge on any atom is -0.492 e. The van der Waals surface area contributed by atoms with Crippen molar-refractivity contribution in [1.29, 1.82) is 0 Å². The lowest BCUT2D eigenvalue weighted by Crippen LogP contribution is -2.61. The molecule has 148 valence electrons. The van der Waals surface area contributed by atoms with Gasteiger partial charge in [0, 0.05) is 17.1 Å². The Morgan fingerprint density at radius 2 is 1.93 bits per heavy atom. The summed E-state index contributed by atoms with van der Waals surface area (Å²) < 4.78 is 47.8. The summed E-state index contributed by atoms with van der Waals surface area (Å²) in [5, 5.41) is 17.1. The van der Waals surface area contributed by atoms with Crippen molar-refractivity contribution in [2.75, 3.05) is 11.6 Å². The summed E-state index contributed by atoms with van der Waals surface area (Å²) in [6.07, 6.45) is -3.42. The number of halogens is 3. The number of rotatable bonds is 2. The Balaban J connectivity index is 1.63. The fourth-order valence-electron chi connectivity index (χ4n) is 3.51. The highest BCUT2D eigenvalue weighted by Crippen LogP contribution is 2.50. The third-order valence-electron chi connectivity index (χ3n) is 4.93. The van der Waals surface area contributed by atoms with Crippen molar-refractivity contribution < 1.29 is 23.0 Å². The van der Waals surface area contributed by atoms with Crippen LogP contribution in [0.4, 0.5) is 18.3 Å². The van der Waals surface area contributed by atoms with Crippen LogP contribution in [0.15, 0.2) is 59.1 Å². The van der Waals surface area contributed by atoms with Crippen LogP contribution >= 0.6 is 11.3 Å². The minimum atomic E-state index is -4.99. The maximum absolute atomic E-state index is 14.1. The first-order chi connectivity index (χ1) is 13.9. The predicted molar refractivity (Wildman–Crippen MR) is 101 cm³/mol. The molecule has 1 N–H and O–H groups in total. The van der Waals surface area contributed by atoms with E-state index in [1.165, 1.54) is 0 Å². The number of hydrazone groups is 1. The molecule has 0 unspecified atom stereocenters. The summed E-state index contributed by atoms with van der Waals surface area (Å²) in [6, 6.07) is 11.9. The molecular formula is C19H13F3N4O2S. The highest BCUT2D eigenvalue weighted by atomic mass is 32.1. The number of nitrogens with zero attached hydrogens (tertiary/aromatic N) is 4. The van der Waals surface area contributed by atoms with Crippen molar-refractivity contribution in [3.63, 3.8) is 0 Å². The minimum absolute atomic E-state index is 0.0788. The lowest BCUT2D eigenvalue weighted by molar-refractivity contribution is -0.270. The third kappa shape index (κ3) is 2.63. The van der Waals surface area contributed by atoms with Gasteiger partial charge in [0.1, 0.15) is 18.1 Å². The number of para-hydroxylation sites is 1. The van der Waals surface area contributed by atoms with Gasteiger partial charge < -0.3 is 9.84 Å². The largest absolute Gasteiger partial charge is 0.492 e. The van der Waals surface area contributed by atoms with Crippen molar-refractivity contribution in [2.24, 2.45) is 11.0 Å². The van der Waals surface area contributed by atoms with Crippen LogP contribution in [0.2, 0.25) is 0 Å². The van der Waals surface area contributed by atoms with E-state index in [-0.39, 0.29) is 17.5 Å². The summed E-state index contributed by atoms with van der Waals surface area (Å²) in [5.41, 5.74) is -1.79. The van der Waals surface area contributed by atoms with Crippen molar-refractivity contribution in [3.8, 4) is 17.1 Å². The second-order valence-corrected chi connectivity index (χ2v) is 7.45. The van der Waals surface area contributed by atoms with Gasteiger partial charge in [-0.3, -0.25) is 4.98 Å². The second-order valence-electron chi connectivity index (χ2n) is 6.61. The van der Waals surface area contributed by atoms with Crippen LogP contribution in [0.3, 0.4) is 0 Å². The second kappa shape index (κ2) is 6.26. The Bertz CT molecular complexity index is 1100. The van der Waals surface area contributed by atoms with Gasteiger partial charge in [-0.25, -0.2) is 4.98 Å². The topological polar surface area (TPSA) is 70.8 Å². The molecule has 5 rings (SSSR count). The molecule has 0 saturated heterocycles. The van der Waals surface area contributed by atoms with E-state index >= 15 is 0 Å². The number of hydrogen-bond donors (Lipinski definition) is 1. The van der Waals surface area contributed by atoms with Gasteiger partial charge in [-0.15, -0.1) is 11.3 Å². The number of benzene rings is 1. The van der Waals surface area contributed by atoms with Crippen LogP contribution in [-0.2, 0) is 0 Å². The van der Waals surface area contributed by atoms with E-state index in [9.17, 15) is 18.3 Å². The van der Waals surface area contributed by atoms with E-state index in [2.05, 4.69) is 15.1 Å². The average molecular weight is 418 g/mol. The van der Waals surface area contributed by atoms with Gasteiger partial charge in [0.2, 0.25) is 5.13 Å². The maximum atomic E-state index is 14.1. The van der Waals surface area contributed by atoms with E-state index in [1.807, 2.05) is 0 Å². The normalized spacial score (nSPS) is 23.2. The number of pyridine rings is 1. The van der Waals surface area contributed by atoms with Crippen LogP contribution in [0.25, 0.3) is 11.4 Å². The van der Waals surface area contributed by atoms with Gasteiger partial charge in [-0.1, -0.05) is 18.2 Å². The Morgan fingerprint density at radius 1 is 1.14 bits per heavy atom. The zero-order chi connectivity index (χ0) is 20.2. The molecule has 0 saturated carbocycles. The molecule has 0 radical (unpaired) electrons. The number of aromatic nitrogens is 2. The summed E-state index contributed by atoms with van der Waals surface area (Å²) in [4.78, 5) is 8.42. The van der Waals surface area contributed by atoms with Crippen molar-refractivity contribution in [2.45, 2.75) is 11.9 Å². The number of anilines is 1. The number of alkyl halides is 3. The molecule has 1 aromatic carbocycles. The first-order valence-electron chi connectivity index (χ1n) is 8.66. The van der Waals surface area contributed by atoms with Gasteiger partial charge in [0.15, 0.2) is 0 Å². The molecular weight excluding hydrogens is 405 g/mol. The lowest BCUT2D eigenvalue weighted by atomic mass is 9.86. The Morgan fingerprint density at radius 3 is 2.69 bits per heavy atom. The van der Waals surface area contributed by atoms with Gasteiger partial charge in [-0.05, 0) is 24.3 Å². The fraction of sp³-hybridized carbons (Fsp3) is 0.211. The molecule has 2 aliphatic rings. The molecule has 2 atom stereocenters. The summed E-state index contributed by atoms with van der Waals surface area (Å²) in [6.45, 7) is -0.346. The van der Waals surface area contributed by atoms with E-state index in [1.54, 1.807) is 54.0 Å². The first-order valence-corrected chi connectivity index (χ1v) is 9.54. The quantitative estimate of drug-likeness (QED) is 0.688. The summed E-state index contributed by atoms with van der Waals surface area (Å²) >= 11 is 0.954. The zero-order valence-electron chi connectivity index (χ0n) is 14.7. The maximum Gasteiger partial charge on any atom is 0.439 e. The molecule has 3 aromatic rings. The molecule has 29 heavy (non-hydrogen) atoms. The number of fused-ring (bicyclic) bond motifs is 3. The molecule has 0 bridgehead atoms. The van der Waals surface area contributed by atoms with Crippen LogP contribution < -0.4 is 9.75 Å². The van der Waals surface area contributed by atoms with Gasteiger partial charge in [0.05, 0.1) is 17.3 Å². The standard InChI is InChI=1S/C19H13F3N4O2S/c20-19(21,22)18(27)12-9-28-15-7-2-1-5-11(15)16(12)25-26(18)17-24-14(10-29-17)13-6-3-4-8-23-13/h1-8,10,12,27H,9H2/t12-,18+/m0/s1. The molecule has 4 heterocycles. The zero-order valence-corrected chi connectivity index (χ0v) is 15.5. The van der Waals surface area contributed by atoms with E-state index < -0.39 is 17.8 Å². The van der Waals surface area contributed by atoms with Gasteiger partial charge >= 0.3 is 6.18 Å². The summed E-state index contributed by atoms with van der Waals surface area (Å²) in [5.74, 6) is -0.971. The van der Waals surface area contributed by atoms with Crippen LogP contribution in [-0.4, -0.2) is 39.3 Å². The van der Waals surface area contributed by atoms with Crippen molar-refractivity contribution in [3.05, 3.63) is 59.6 Å². The molecule has 10 heteroatoms. The molecule has 0 fully saturated rings. The lowest BCUT2D eigenvalue weighted by Gasteiger charge is -2.38. The smallest absolute Gasteiger partial charge is 0.439 e. The van der Waals surface area contributed by atoms with Gasteiger partial charge in [-0.2, -0.15) is 23.3 Å². The molecule has 0 amide bonds. The third-order valence-corrected chi connectivity index (χ3v) is 5.75. The Hall–Kier alpha value is -2.98. The number of ether oxygens (including phenoxy) is 1. The molecule has 2 aliphatic heterocycles. The van der Waals surface area contributed by atoms with E-state index in [0.717, 1.165) is 11.3 Å². The SMILES string of the molecule is O[C@@]1(C(F)(F)F)[C@H]2COc3ccccc3C2=NN1c1nc(-c2ccccn2)cs1. The summed E-state index contributed by atoms with van der Waals surface area (Å²) in [7, 11) is 0. The van der Waals surface area contributed by atoms with Crippen LogP contribution in [0.5, 0.6) is 5.75 Å². The monoisotopic (exact) mass is 418 g/mol. The van der Waals surface area contributed by atoms with Crippen molar-refractivity contribution in [1.82, 2.24) is 9.97 Å². The van der Waals surface area contributed by atoms with E-state index in [0.29, 0.717) is 27.7 Å². The molecule has 0 aliphatic carbocycles. The number of aliphatic hydroxyl groups is 1. The molecule has 0 spiro atoms. The number of thiazole rings is 1. The Kier molecular flexibility index (Phi) is 3.90. The Labute approximate surface area is 166 Å². The number of hydrogen-bond acceptors (Lipinski definition) is 7. The highest BCUT2D eigenvalue weighted by Gasteiger charge is 2.69. The van der Waals surface area contributed by atoms with E-state index in [4.69, 9.17) is 4.74 Å².